The van der Waals surface area contributed by atoms with Crippen molar-refractivity contribution in [2.45, 2.75) is 77.8 Å². The van der Waals surface area contributed by atoms with Crippen molar-refractivity contribution < 1.29 is 17.9 Å². The van der Waals surface area contributed by atoms with E-state index in [0.29, 0.717) is 11.4 Å². The minimum absolute atomic E-state index is 0.124. The van der Waals surface area contributed by atoms with Crippen molar-refractivity contribution >= 4 is 21.6 Å². The monoisotopic (exact) mass is 534 g/mol. The lowest BCUT2D eigenvalue weighted by Gasteiger charge is -2.36. The van der Waals surface area contributed by atoms with Crippen molar-refractivity contribution in [2.75, 3.05) is 10.8 Å². The molecule has 3 aromatic carbocycles. The molecule has 4 rings (SSSR count). The number of fused-ring (bicyclic) bond motifs is 1. The first-order valence-electron chi connectivity index (χ1n) is 13.0. The van der Waals surface area contributed by atoms with Crippen LogP contribution in [0.15, 0.2) is 59.5 Å². The van der Waals surface area contributed by atoms with Crippen LogP contribution in [0.25, 0.3) is 0 Å². The van der Waals surface area contributed by atoms with Gasteiger partial charge in [-0.25, -0.2) is 8.42 Å². The van der Waals surface area contributed by atoms with Crippen LogP contribution < -0.4 is 14.4 Å². The molecule has 0 fully saturated rings. The number of benzene rings is 3. The molecular weight excluding hydrogens is 496 g/mol. The molecule has 0 saturated carbocycles. The van der Waals surface area contributed by atoms with Crippen LogP contribution in [0.3, 0.4) is 0 Å². The summed E-state index contributed by atoms with van der Waals surface area (Å²) >= 11 is 0. The van der Waals surface area contributed by atoms with Crippen molar-refractivity contribution in [3.8, 4) is 5.75 Å². The normalized spacial score (nSPS) is 16.4. The summed E-state index contributed by atoms with van der Waals surface area (Å²) in [6.07, 6.45) is -1.00. The molecule has 0 radical (unpaired) electrons. The fourth-order valence-corrected chi connectivity index (χ4v) is 6.22. The van der Waals surface area contributed by atoms with Crippen LogP contribution >= 0.6 is 0 Å². The van der Waals surface area contributed by atoms with Gasteiger partial charge in [-0.2, -0.15) is 0 Å². The molecule has 0 unspecified atom stereocenters. The van der Waals surface area contributed by atoms with Crippen LogP contribution in [-0.4, -0.2) is 27.0 Å². The Labute approximate surface area is 227 Å². The highest BCUT2D eigenvalue weighted by Gasteiger charge is 2.38. The Balaban J connectivity index is 1.70. The van der Waals surface area contributed by atoms with E-state index in [9.17, 15) is 13.2 Å². The van der Waals surface area contributed by atoms with Gasteiger partial charge in [0.15, 0.2) is 6.10 Å². The van der Waals surface area contributed by atoms with E-state index < -0.39 is 16.1 Å². The van der Waals surface area contributed by atoms with Gasteiger partial charge in [-0.3, -0.25) is 9.10 Å². The van der Waals surface area contributed by atoms with E-state index in [2.05, 4.69) is 45.1 Å². The van der Waals surface area contributed by atoms with E-state index in [-0.39, 0.29) is 28.8 Å². The van der Waals surface area contributed by atoms with Gasteiger partial charge < -0.3 is 10.1 Å². The molecule has 1 heterocycles. The molecule has 3 aromatic rings. The number of nitrogens with one attached hydrogen (secondary N) is 1. The van der Waals surface area contributed by atoms with E-state index in [4.69, 9.17) is 4.74 Å². The molecule has 1 N–H and O–H groups in total. The zero-order valence-corrected chi connectivity index (χ0v) is 24.4. The molecule has 6 nitrogen and oxygen atoms in total. The highest BCUT2D eigenvalue weighted by atomic mass is 32.2. The Morgan fingerprint density at radius 3 is 2.21 bits per heavy atom. The summed E-state index contributed by atoms with van der Waals surface area (Å²) in [7, 11) is -3.95. The third kappa shape index (κ3) is 5.44. The molecule has 0 aliphatic carbocycles. The summed E-state index contributed by atoms with van der Waals surface area (Å²) in [5, 5.41) is 3.05. The highest BCUT2D eigenvalue weighted by Crippen LogP contribution is 2.40. The summed E-state index contributed by atoms with van der Waals surface area (Å²) in [6, 6.07) is 16.3. The third-order valence-corrected chi connectivity index (χ3v) is 9.10. The smallest absolute Gasteiger partial charge is 0.264 e. The van der Waals surface area contributed by atoms with Gasteiger partial charge in [-0.15, -0.1) is 0 Å². The first kappa shape index (κ1) is 27.7. The molecule has 1 amide bonds. The number of ether oxygens (including phenoxy) is 1. The average Bonchev–Trinajstić information content (AvgIpc) is 2.84. The van der Waals surface area contributed by atoms with E-state index >= 15 is 0 Å². The number of rotatable bonds is 5. The first-order valence-corrected chi connectivity index (χ1v) is 14.4. The second-order valence-electron chi connectivity index (χ2n) is 11.4. The number of hydrogen-bond donors (Lipinski definition) is 1. The molecule has 0 bridgehead atoms. The second kappa shape index (κ2) is 10.1. The molecular formula is C31H38N2O4S. The fourth-order valence-electron chi connectivity index (χ4n) is 4.75. The number of carbonyl (C=O) groups excluding carboxylic acids is 1. The van der Waals surface area contributed by atoms with Crippen molar-refractivity contribution in [2.24, 2.45) is 0 Å². The molecule has 7 heteroatoms. The van der Waals surface area contributed by atoms with Gasteiger partial charge in [-0.05, 0) is 92.1 Å². The van der Waals surface area contributed by atoms with E-state index in [1.165, 1.54) is 9.87 Å². The third-order valence-electron chi connectivity index (χ3n) is 7.30. The van der Waals surface area contributed by atoms with Gasteiger partial charge in [-0.1, -0.05) is 56.7 Å². The average molecular weight is 535 g/mol. The standard InChI is InChI=1S/C31H38N2O4S/c1-19-9-12-25(13-10-19)38(35,36)33-18-29(37-28-14-11-24(17-27(28)33)31(6,7)8)30(34)32-23(5)26-16-21(3)20(2)15-22(26)4/h9-17,23,29H,18H2,1-8H3,(H,32,34)/t23-,29+/m1/s1. The SMILES string of the molecule is Cc1ccc(S(=O)(=O)N2C[C@@H](C(=O)N[C@H](C)c3cc(C)c(C)cc3C)Oc3ccc(C(C)(C)C)cc32)cc1. The Bertz CT molecular complexity index is 1470. The number of amides is 1. The quantitative estimate of drug-likeness (QED) is 0.432. The first-order chi connectivity index (χ1) is 17.7. The Morgan fingerprint density at radius 1 is 0.947 bits per heavy atom. The Hall–Kier alpha value is -3.32. The maximum Gasteiger partial charge on any atom is 0.264 e. The highest BCUT2D eigenvalue weighted by molar-refractivity contribution is 7.92. The zero-order chi connectivity index (χ0) is 28.0. The summed E-state index contributed by atoms with van der Waals surface area (Å²) in [5.41, 5.74) is 6.66. The van der Waals surface area contributed by atoms with Gasteiger partial charge in [0.25, 0.3) is 15.9 Å². The summed E-state index contributed by atoms with van der Waals surface area (Å²) in [6.45, 7) is 16.1. The Kier molecular flexibility index (Phi) is 7.36. The molecule has 202 valence electrons. The van der Waals surface area contributed by atoms with Gasteiger partial charge >= 0.3 is 0 Å². The van der Waals surface area contributed by atoms with E-state index in [1.807, 2.05) is 39.8 Å². The number of nitrogens with zero attached hydrogens (tertiary/aromatic N) is 1. The number of carbonyl (C=O) groups is 1. The Morgan fingerprint density at radius 2 is 1.58 bits per heavy atom. The maximum atomic E-state index is 13.9. The van der Waals surface area contributed by atoms with Crippen LogP contribution in [0.2, 0.25) is 0 Å². The molecule has 0 saturated heterocycles. The largest absolute Gasteiger partial charge is 0.476 e. The van der Waals surface area contributed by atoms with Crippen LogP contribution in [-0.2, 0) is 20.2 Å². The minimum Gasteiger partial charge on any atom is -0.476 e. The fraction of sp³-hybridized carbons (Fsp3) is 0.387. The van der Waals surface area contributed by atoms with Gasteiger partial charge in [0, 0.05) is 0 Å². The van der Waals surface area contributed by atoms with Crippen molar-refractivity contribution in [1.29, 1.82) is 0 Å². The molecule has 1 aliphatic rings. The molecule has 0 aromatic heterocycles. The minimum atomic E-state index is -3.95. The van der Waals surface area contributed by atoms with Crippen molar-refractivity contribution in [3.05, 3.63) is 88.0 Å². The van der Waals surface area contributed by atoms with Gasteiger partial charge in [0.1, 0.15) is 5.75 Å². The predicted octanol–water partition coefficient (Wildman–Crippen LogP) is 6.05. The zero-order valence-electron chi connectivity index (χ0n) is 23.5. The van der Waals surface area contributed by atoms with Gasteiger partial charge in [0.2, 0.25) is 0 Å². The maximum absolute atomic E-state index is 13.9. The lowest BCUT2D eigenvalue weighted by atomic mass is 9.86. The van der Waals surface area contributed by atoms with E-state index in [0.717, 1.165) is 27.8 Å². The topological polar surface area (TPSA) is 75.7 Å². The van der Waals surface area contributed by atoms with Crippen LogP contribution in [0.1, 0.15) is 67.1 Å². The number of anilines is 1. The number of hydrogen-bond acceptors (Lipinski definition) is 4. The van der Waals surface area contributed by atoms with E-state index in [1.54, 1.807) is 30.3 Å². The summed E-state index contributed by atoms with van der Waals surface area (Å²) < 4.78 is 35.2. The predicted molar refractivity (Wildman–Crippen MR) is 152 cm³/mol. The van der Waals surface area contributed by atoms with Crippen molar-refractivity contribution in [3.63, 3.8) is 0 Å². The lowest BCUT2D eigenvalue weighted by molar-refractivity contribution is -0.128. The summed E-state index contributed by atoms with van der Waals surface area (Å²) in [5.74, 6) is 0.0138. The van der Waals surface area contributed by atoms with Crippen LogP contribution in [0.5, 0.6) is 5.75 Å². The molecule has 2 atom stereocenters. The lowest BCUT2D eigenvalue weighted by Crippen LogP contribution is -2.51. The number of sulfonamides is 1. The molecule has 0 spiro atoms. The van der Waals surface area contributed by atoms with Gasteiger partial charge in [0.05, 0.1) is 23.2 Å². The number of aryl methyl sites for hydroxylation is 4. The molecule has 38 heavy (non-hydrogen) atoms. The van der Waals surface area contributed by atoms with Crippen LogP contribution in [0, 0.1) is 27.7 Å². The second-order valence-corrected chi connectivity index (χ2v) is 13.3. The van der Waals surface area contributed by atoms with Crippen LogP contribution in [0.4, 0.5) is 5.69 Å². The summed E-state index contributed by atoms with van der Waals surface area (Å²) in [4.78, 5) is 13.7. The molecule has 1 aliphatic heterocycles. The van der Waals surface area contributed by atoms with Crippen molar-refractivity contribution in [1.82, 2.24) is 5.32 Å².